The molecule has 0 atom stereocenters. The van der Waals surface area contributed by atoms with Crippen LogP contribution >= 0.6 is 0 Å². The standard InChI is InChI=1S/C14H17FN2O/c1-2-8-16-9-7-14-17-10-13(18-14)11-3-5-12(15)6-4-11/h3-6,10,16H,2,7-9H2,1H3. The van der Waals surface area contributed by atoms with Gasteiger partial charge in [0.15, 0.2) is 11.7 Å². The van der Waals surface area contributed by atoms with Crippen LogP contribution in [0.15, 0.2) is 34.9 Å². The average Bonchev–Trinajstić information content (AvgIpc) is 2.84. The van der Waals surface area contributed by atoms with Crippen molar-refractivity contribution in [3.05, 3.63) is 42.2 Å². The van der Waals surface area contributed by atoms with Crippen molar-refractivity contribution >= 4 is 0 Å². The number of rotatable bonds is 6. The highest BCUT2D eigenvalue weighted by molar-refractivity contribution is 5.55. The van der Waals surface area contributed by atoms with Crippen molar-refractivity contribution in [1.82, 2.24) is 10.3 Å². The Bertz CT molecular complexity index is 479. The second kappa shape index (κ2) is 6.31. The first-order chi connectivity index (χ1) is 8.79. The zero-order chi connectivity index (χ0) is 12.8. The van der Waals surface area contributed by atoms with Crippen LogP contribution < -0.4 is 5.32 Å². The SMILES string of the molecule is CCCNCCc1ncc(-c2ccc(F)cc2)o1. The summed E-state index contributed by atoms with van der Waals surface area (Å²) in [6.07, 6.45) is 3.57. The quantitative estimate of drug-likeness (QED) is 0.798. The third-order valence-corrected chi connectivity index (χ3v) is 2.62. The van der Waals surface area contributed by atoms with Crippen LogP contribution in [0, 0.1) is 5.82 Å². The van der Waals surface area contributed by atoms with Gasteiger partial charge in [0.05, 0.1) is 6.20 Å². The van der Waals surface area contributed by atoms with Crippen molar-refractivity contribution < 1.29 is 8.81 Å². The van der Waals surface area contributed by atoms with Gasteiger partial charge < -0.3 is 9.73 Å². The predicted octanol–water partition coefficient (Wildman–Crippen LogP) is 3.02. The van der Waals surface area contributed by atoms with Gasteiger partial charge in [-0.2, -0.15) is 0 Å². The molecule has 1 N–H and O–H groups in total. The molecule has 0 fully saturated rings. The number of hydrogen-bond donors (Lipinski definition) is 1. The summed E-state index contributed by atoms with van der Waals surface area (Å²) in [4.78, 5) is 4.21. The van der Waals surface area contributed by atoms with E-state index in [0.29, 0.717) is 11.7 Å². The van der Waals surface area contributed by atoms with Crippen molar-refractivity contribution in [3.8, 4) is 11.3 Å². The molecular formula is C14H17FN2O. The van der Waals surface area contributed by atoms with E-state index in [-0.39, 0.29) is 5.82 Å². The lowest BCUT2D eigenvalue weighted by Gasteiger charge is -1.99. The molecule has 0 unspecified atom stereocenters. The Morgan fingerprint density at radius 1 is 1.22 bits per heavy atom. The van der Waals surface area contributed by atoms with Gasteiger partial charge in [0, 0.05) is 18.5 Å². The molecule has 1 heterocycles. The first kappa shape index (κ1) is 12.8. The van der Waals surface area contributed by atoms with Gasteiger partial charge in [0.2, 0.25) is 0 Å². The summed E-state index contributed by atoms with van der Waals surface area (Å²) in [5.74, 6) is 1.14. The molecule has 0 radical (unpaired) electrons. The molecule has 3 nitrogen and oxygen atoms in total. The Labute approximate surface area is 106 Å². The van der Waals surface area contributed by atoms with Gasteiger partial charge in [-0.3, -0.25) is 0 Å². The van der Waals surface area contributed by atoms with Crippen LogP contribution in [-0.4, -0.2) is 18.1 Å². The van der Waals surface area contributed by atoms with Gasteiger partial charge >= 0.3 is 0 Å². The summed E-state index contributed by atoms with van der Waals surface area (Å²) in [6.45, 7) is 3.99. The summed E-state index contributed by atoms with van der Waals surface area (Å²) in [6, 6.07) is 6.21. The van der Waals surface area contributed by atoms with Crippen LogP contribution in [-0.2, 0) is 6.42 Å². The minimum absolute atomic E-state index is 0.248. The van der Waals surface area contributed by atoms with Gasteiger partial charge in [-0.05, 0) is 37.2 Å². The molecule has 4 heteroatoms. The molecule has 0 aliphatic carbocycles. The topological polar surface area (TPSA) is 38.1 Å². The number of nitrogens with zero attached hydrogens (tertiary/aromatic N) is 1. The molecule has 0 aliphatic rings. The lowest BCUT2D eigenvalue weighted by Crippen LogP contribution is -2.17. The third-order valence-electron chi connectivity index (χ3n) is 2.62. The van der Waals surface area contributed by atoms with Crippen LogP contribution in [0.3, 0.4) is 0 Å². The second-order valence-electron chi connectivity index (χ2n) is 4.13. The molecule has 0 saturated carbocycles. The number of nitrogens with one attached hydrogen (secondary N) is 1. The zero-order valence-electron chi connectivity index (χ0n) is 10.4. The molecular weight excluding hydrogens is 231 g/mol. The first-order valence-electron chi connectivity index (χ1n) is 6.21. The monoisotopic (exact) mass is 248 g/mol. The van der Waals surface area contributed by atoms with Crippen molar-refractivity contribution in [3.63, 3.8) is 0 Å². The van der Waals surface area contributed by atoms with Gasteiger partial charge in [0.25, 0.3) is 0 Å². The van der Waals surface area contributed by atoms with Crippen molar-refractivity contribution in [2.24, 2.45) is 0 Å². The first-order valence-corrected chi connectivity index (χ1v) is 6.21. The van der Waals surface area contributed by atoms with Crippen LogP contribution in [0.2, 0.25) is 0 Å². The van der Waals surface area contributed by atoms with E-state index in [9.17, 15) is 4.39 Å². The van der Waals surface area contributed by atoms with Crippen molar-refractivity contribution in [2.75, 3.05) is 13.1 Å². The van der Waals surface area contributed by atoms with E-state index in [1.807, 2.05) is 0 Å². The maximum atomic E-state index is 12.8. The van der Waals surface area contributed by atoms with Gasteiger partial charge in [-0.15, -0.1) is 0 Å². The fourth-order valence-electron chi connectivity index (χ4n) is 1.67. The van der Waals surface area contributed by atoms with Crippen LogP contribution in [0.5, 0.6) is 0 Å². The highest BCUT2D eigenvalue weighted by Crippen LogP contribution is 2.20. The maximum Gasteiger partial charge on any atom is 0.196 e. The Kier molecular flexibility index (Phi) is 4.47. The number of benzene rings is 1. The minimum atomic E-state index is -0.248. The van der Waals surface area contributed by atoms with Crippen molar-refractivity contribution in [2.45, 2.75) is 19.8 Å². The molecule has 0 spiro atoms. The highest BCUT2D eigenvalue weighted by atomic mass is 19.1. The largest absolute Gasteiger partial charge is 0.441 e. The molecule has 96 valence electrons. The third kappa shape index (κ3) is 3.40. The summed E-state index contributed by atoms with van der Waals surface area (Å²) < 4.78 is 18.4. The Morgan fingerprint density at radius 2 is 2.00 bits per heavy atom. The second-order valence-corrected chi connectivity index (χ2v) is 4.13. The van der Waals surface area contributed by atoms with Gasteiger partial charge in [-0.25, -0.2) is 9.37 Å². The number of oxazole rings is 1. The van der Waals surface area contributed by atoms with Crippen LogP contribution in [0.1, 0.15) is 19.2 Å². The molecule has 0 bridgehead atoms. The maximum absolute atomic E-state index is 12.8. The van der Waals surface area contributed by atoms with Crippen molar-refractivity contribution in [1.29, 1.82) is 0 Å². The summed E-state index contributed by atoms with van der Waals surface area (Å²) in [5, 5.41) is 3.29. The molecule has 0 saturated heterocycles. The average molecular weight is 248 g/mol. The van der Waals surface area contributed by atoms with Gasteiger partial charge in [-0.1, -0.05) is 6.92 Å². The lowest BCUT2D eigenvalue weighted by molar-refractivity contribution is 0.495. The molecule has 0 aliphatic heterocycles. The van der Waals surface area contributed by atoms with E-state index in [0.717, 1.165) is 31.5 Å². The summed E-state index contributed by atoms with van der Waals surface area (Å²) >= 11 is 0. The van der Waals surface area contributed by atoms with E-state index < -0.39 is 0 Å². The minimum Gasteiger partial charge on any atom is -0.441 e. The molecule has 1 aromatic heterocycles. The summed E-state index contributed by atoms with van der Waals surface area (Å²) in [7, 11) is 0. The summed E-state index contributed by atoms with van der Waals surface area (Å²) in [5.41, 5.74) is 0.844. The Balaban J connectivity index is 1.95. The van der Waals surface area contributed by atoms with E-state index >= 15 is 0 Å². The molecule has 2 aromatic rings. The predicted molar refractivity (Wildman–Crippen MR) is 68.8 cm³/mol. The molecule has 0 amide bonds. The van der Waals surface area contributed by atoms with E-state index in [1.54, 1.807) is 18.3 Å². The van der Waals surface area contributed by atoms with E-state index in [2.05, 4.69) is 17.2 Å². The van der Waals surface area contributed by atoms with Crippen LogP contribution in [0.25, 0.3) is 11.3 Å². The highest BCUT2D eigenvalue weighted by Gasteiger charge is 2.06. The molecule has 2 rings (SSSR count). The normalized spacial score (nSPS) is 10.8. The lowest BCUT2D eigenvalue weighted by atomic mass is 10.2. The molecule has 18 heavy (non-hydrogen) atoms. The Morgan fingerprint density at radius 3 is 2.72 bits per heavy atom. The van der Waals surface area contributed by atoms with Gasteiger partial charge in [0.1, 0.15) is 5.82 Å². The smallest absolute Gasteiger partial charge is 0.196 e. The Hall–Kier alpha value is -1.68. The molecule has 1 aromatic carbocycles. The van der Waals surface area contributed by atoms with E-state index in [4.69, 9.17) is 4.42 Å². The number of hydrogen-bond acceptors (Lipinski definition) is 3. The number of halogens is 1. The fraction of sp³-hybridized carbons (Fsp3) is 0.357. The van der Waals surface area contributed by atoms with Crippen LogP contribution in [0.4, 0.5) is 4.39 Å². The number of aromatic nitrogens is 1. The zero-order valence-corrected chi connectivity index (χ0v) is 10.4. The fourth-order valence-corrected chi connectivity index (χ4v) is 1.67. The van der Waals surface area contributed by atoms with E-state index in [1.165, 1.54) is 12.1 Å².